The maximum Gasteiger partial charge on any atom is 0.339 e. The molecule has 0 spiro atoms. The average molecular weight is 487 g/mol. The van der Waals surface area contributed by atoms with E-state index in [1.807, 2.05) is 0 Å². The number of esters is 1. The molecule has 0 saturated carbocycles. The smallest absolute Gasteiger partial charge is 0.339 e. The van der Waals surface area contributed by atoms with Crippen LogP contribution in [0, 0.1) is 11.6 Å². The molecule has 4 rings (SSSR count). The maximum absolute atomic E-state index is 13.5. The highest BCUT2D eigenvalue weighted by molar-refractivity contribution is 7.89. The van der Waals surface area contributed by atoms with Crippen LogP contribution in [0.1, 0.15) is 27.5 Å². The van der Waals surface area contributed by atoms with Gasteiger partial charge < -0.3 is 4.74 Å². The topological polar surface area (TPSA) is 66.9 Å². The number of sulfonamides is 1. The predicted octanol–water partition coefficient (Wildman–Crippen LogP) is 3.85. The van der Waals surface area contributed by atoms with Crippen LogP contribution in [0.4, 0.5) is 8.78 Å². The number of ether oxygens (including phenoxy) is 1. The Morgan fingerprint density at radius 1 is 0.824 bits per heavy atom. The molecule has 34 heavy (non-hydrogen) atoms. The quantitative estimate of drug-likeness (QED) is 0.496. The van der Waals surface area contributed by atoms with Crippen LogP contribution in [0.5, 0.6) is 0 Å². The Morgan fingerprint density at radius 2 is 1.32 bits per heavy atom. The van der Waals surface area contributed by atoms with Gasteiger partial charge in [-0.25, -0.2) is 22.0 Å². The zero-order chi connectivity index (χ0) is 24.3. The highest BCUT2D eigenvalue weighted by atomic mass is 32.2. The van der Waals surface area contributed by atoms with Gasteiger partial charge >= 0.3 is 5.97 Å². The van der Waals surface area contributed by atoms with Gasteiger partial charge in [0.1, 0.15) is 11.6 Å². The van der Waals surface area contributed by atoms with E-state index in [4.69, 9.17) is 4.74 Å². The van der Waals surface area contributed by atoms with Crippen molar-refractivity contribution in [3.63, 3.8) is 0 Å². The van der Waals surface area contributed by atoms with E-state index in [0.29, 0.717) is 13.1 Å². The van der Waals surface area contributed by atoms with E-state index in [1.54, 1.807) is 36.4 Å². The summed E-state index contributed by atoms with van der Waals surface area (Å²) < 4.78 is 59.8. The van der Waals surface area contributed by atoms with Crippen LogP contribution in [0.3, 0.4) is 0 Å². The van der Waals surface area contributed by atoms with Crippen molar-refractivity contribution in [1.82, 2.24) is 9.21 Å². The summed E-state index contributed by atoms with van der Waals surface area (Å²) in [6.45, 7) is 1.16. The lowest BCUT2D eigenvalue weighted by Crippen LogP contribution is -2.50. The van der Waals surface area contributed by atoms with E-state index >= 15 is 0 Å². The fraction of sp³-hybridized carbons (Fsp3) is 0.240. The van der Waals surface area contributed by atoms with Crippen molar-refractivity contribution >= 4 is 16.0 Å². The molecular formula is C25H24F2N2O4S. The molecule has 0 N–H and O–H groups in total. The monoisotopic (exact) mass is 486 g/mol. The van der Waals surface area contributed by atoms with Crippen LogP contribution in [0.2, 0.25) is 0 Å². The minimum Gasteiger partial charge on any atom is -0.465 e. The van der Waals surface area contributed by atoms with Gasteiger partial charge in [0.25, 0.3) is 0 Å². The van der Waals surface area contributed by atoms with Gasteiger partial charge in [-0.05, 0) is 47.5 Å². The van der Waals surface area contributed by atoms with Crippen molar-refractivity contribution in [3.05, 3.63) is 101 Å². The number of carbonyl (C=O) groups is 1. The summed E-state index contributed by atoms with van der Waals surface area (Å²) in [5, 5.41) is 0. The van der Waals surface area contributed by atoms with Gasteiger partial charge in [-0.1, -0.05) is 36.4 Å². The maximum atomic E-state index is 13.5. The number of hydrogen-bond donors (Lipinski definition) is 0. The molecule has 1 fully saturated rings. The molecule has 0 atom stereocenters. The van der Waals surface area contributed by atoms with Gasteiger partial charge in [0.05, 0.1) is 23.6 Å². The van der Waals surface area contributed by atoms with E-state index in [2.05, 4.69) is 4.90 Å². The van der Waals surface area contributed by atoms with Gasteiger partial charge in [0, 0.05) is 26.2 Å². The number of benzene rings is 3. The van der Waals surface area contributed by atoms with Gasteiger partial charge in [0.2, 0.25) is 10.0 Å². The molecule has 0 aromatic heterocycles. The number of methoxy groups -OCH3 is 1. The van der Waals surface area contributed by atoms with Gasteiger partial charge in [0.15, 0.2) is 0 Å². The number of hydrogen-bond acceptors (Lipinski definition) is 5. The first-order valence-corrected chi connectivity index (χ1v) is 12.2. The van der Waals surface area contributed by atoms with Crippen LogP contribution < -0.4 is 0 Å². The van der Waals surface area contributed by atoms with Crippen LogP contribution >= 0.6 is 0 Å². The SMILES string of the molecule is COC(=O)c1ccccc1S(=O)(=O)N1CCN(C(c2ccc(F)cc2)c2ccc(F)cc2)CC1. The summed E-state index contributed by atoms with van der Waals surface area (Å²) in [5.41, 5.74) is 1.63. The van der Waals surface area contributed by atoms with Crippen LogP contribution in [-0.2, 0) is 14.8 Å². The fourth-order valence-electron chi connectivity index (χ4n) is 4.22. The summed E-state index contributed by atoms with van der Waals surface area (Å²) >= 11 is 0. The lowest BCUT2D eigenvalue weighted by molar-refractivity contribution is 0.0596. The highest BCUT2D eigenvalue weighted by Crippen LogP contribution is 2.31. The molecule has 0 amide bonds. The third-order valence-electron chi connectivity index (χ3n) is 5.92. The third-order valence-corrected chi connectivity index (χ3v) is 7.88. The van der Waals surface area contributed by atoms with Crippen LogP contribution in [-0.4, -0.2) is 56.9 Å². The molecule has 9 heteroatoms. The lowest BCUT2D eigenvalue weighted by Gasteiger charge is -2.39. The van der Waals surface area contributed by atoms with Crippen LogP contribution in [0.25, 0.3) is 0 Å². The molecule has 6 nitrogen and oxygen atoms in total. The van der Waals surface area contributed by atoms with E-state index in [1.165, 1.54) is 47.8 Å². The molecule has 1 heterocycles. The van der Waals surface area contributed by atoms with Crippen LogP contribution in [0.15, 0.2) is 77.7 Å². The van der Waals surface area contributed by atoms with Crippen molar-refractivity contribution in [2.75, 3.05) is 33.3 Å². The Hall–Kier alpha value is -3.14. The molecule has 0 unspecified atom stereocenters. The average Bonchev–Trinajstić information content (AvgIpc) is 2.86. The van der Waals surface area contributed by atoms with Crippen molar-refractivity contribution in [2.45, 2.75) is 10.9 Å². The van der Waals surface area contributed by atoms with Gasteiger partial charge in [-0.3, -0.25) is 4.90 Å². The van der Waals surface area contributed by atoms with Gasteiger partial charge in [-0.15, -0.1) is 0 Å². The summed E-state index contributed by atoms with van der Waals surface area (Å²) in [5.74, 6) is -1.44. The number of halogens is 2. The normalized spacial score (nSPS) is 15.4. The molecule has 0 aliphatic carbocycles. The zero-order valence-electron chi connectivity index (χ0n) is 18.5. The first kappa shape index (κ1) is 24.0. The number of piperazine rings is 1. The van der Waals surface area contributed by atoms with E-state index in [-0.39, 0.29) is 41.2 Å². The summed E-state index contributed by atoms with van der Waals surface area (Å²) in [7, 11) is -2.73. The number of carbonyl (C=O) groups excluding carboxylic acids is 1. The van der Waals surface area contributed by atoms with Gasteiger partial charge in [-0.2, -0.15) is 4.31 Å². The molecule has 178 valence electrons. The highest BCUT2D eigenvalue weighted by Gasteiger charge is 2.34. The second-order valence-electron chi connectivity index (χ2n) is 7.93. The first-order chi connectivity index (χ1) is 16.3. The number of nitrogens with zero attached hydrogens (tertiary/aromatic N) is 2. The Labute approximate surface area is 197 Å². The van der Waals surface area contributed by atoms with E-state index in [0.717, 1.165) is 11.1 Å². The van der Waals surface area contributed by atoms with Crippen molar-refractivity contribution < 1.29 is 26.7 Å². The van der Waals surface area contributed by atoms with E-state index in [9.17, 15) is 22.0 Å². The second-order valence-corrected chi connectivity index (χ2v) is 9.84. The minimum absolute atomic E-state index is 0.0112. The molecular weight excluding hydrogens is 462 g/mol. The Bertz CT molecular complexity index is 1210. The predicted molar refractivity (Wildman–Crippen MR) is 123 cm³/mol. The fourth-order valence-corrected chi connectivity index (χ4v) is 5.82. The summed E-state index contributed by atoms with van der Waals surface area (Å²) in [6, 6.07) is 17.9. The van der Waals surface area contributed by atoms with Crippen molar-refractivity contribution in [3.8, 4) is 0 Å². The largest absolute Gasteiger partial charge is 0.465 e. The molecule has 3 aromatic carbocycles. The minimum atomic E-state index is -3.93. The lowest BCUT2D eigenvalue weighted by atomic mass is 9.96. The Kier molecular flexibility index (Phi) is 7.06. The van der Waals surface area contributed by atoms with E-state index < -0.39 is 16.0 Å². The number of rotatable bonds is 6. The molecule has 0 bridgehead atoms. The first-order valence-electron chi connectivity index (χ1n) is 10.7. The third kappa shape index (κ3) is 4.86. The Morgan fingerprint density at radius 3 is 1.82 bits per heavy atom. The molecule has 1 aliphatic heterocycles. The zero-order valence-corrected chi connectivity index (χ0v) is 19.3. The second kappa shape index (κ2) is 10.0. The molecule has 1 aliphatic rings. The summed E-state index contributed by atoms with van der Waals surface area (Å²) in [6.07, 6.45) is 0. The Balaban J connectivity index is 1.59. The summed E-state index contributed by atoms with van der Waals surface area (Å²) in [4.78, 5) is 14.1. The molecule has 1 saturated heterocycles. The molecule has 3 aromatic rings. The van der Waals surface area contributed by atoms with Crippen molar-refractivity contribution in [1.29, 1.82) is 0 Å². The van der Waals surface area contributed by atoms with Crippen molar-refractivity contribution in [2.24, 2.45) is 0 Å². The standard InChI is InChI=1S/C25H24F2N2O4S/c1-33-25(30)22-4-2-3-5-23(22)34(31,32)29-16-14-28(15-17-29)24(18-6-10-20(26)11-7-18)19-8-12-21(27)13-9-19/h2-13,24H,14-17H2,1H3. The molecule has 0 radical (unpaired) electrons.